The minimum Gasteiger partial charge on any atom is -0.454 e. The molecule has 102 valence electrons. The molecule has 0 aliphatic rings. The third-order valence-corrected chi connectivity index (χ3v) is 3.69. The van der Waals surface area contributed by atoms with Crippen molar-refractivity contribution in [3.8, 4) is 22.7 Å². The van der Waals surface area contributed by atoms with Gasteiger partial charge in [-0.3, -0.25) is 5.10 Å². The quantitative estimate of drug-likeness (QED) is 0.570. The number of aryl methyl sites for hydroxylation is 1. The molecule has 0 aliphatic carbocycles. The molecular weight excluding hydrogens is 260 g/mol. The lowest BCUT2D eigenvalue weighted by atomic mass is 10.1. The van der Waals surface area contributed by atoms with E-state index in [0.717, 1.165) is 33.7 Å². The van der Waals surface area contributed by atoms with Gasteiger partial charge in [-0.2, -0.15) is 5.10 Å². The summed E-state index contributed by atoms with van der Waals surface area (Å²) < 4.78 is 5.86. The number of fused-ring (bicyclic) bond motifs is 1. The van der Waals surface area contributed by atoms with E-state index in [2.05, 4.69) is 29.3 Å². The smallest absolute Gasteiger partial charge is 0.153 e. The zero-order valence-electron chi connectivity index (χ0n) is 11.6. The predicted molar refractivity (Wildman–Crippen MR) is 84.0 cm³/mol. The van der Waals surface area contributed by atoms with Crippen molar-refractivity contribution >= 4 is 11.0 Å². The van der Waals surface area contributed by atoms with Gasteiger partial charge in [-0.05, 0) is 30.7 Å². The Hall–Kier alpha value is -2.81. The largest absolute Gasteiger partial charge is 0.454 e. The van der Waals surface area contributed by atoms with E-state index in [1.165, 1.54) is 5.56 Å². The SMILES string of the molecule is Cc1ccccc1-c1cc(-c2cc3ccccc3o2)[nH]n1. The van der Waals surface area contributed by atoms with Crippen LogP contribution in [0.2, 0.25) is 0 Å². The number of aromatic nitrogens is 2. The first-order chi connectivity index (χ1) is 10.3. The average Bonchev–Trinajstić information content (AvgIpc) is 3.14. The highest BCUT2D eigenvalue weighted by atomic mass is 16.3. The monoisotopic (exact) mass is 274 g/mol. The summed E-state index contributed by atoms with van der Waals surface area (Å²) >= 11 is 0. The van der Waals surface area contributed by atoms with E-state index >= 15 is 0 Å². The van der Waals surface area contributed by atoms with Gasteiger partial charge in [-0.15, -0.1) is 0 Å². The average molecular weight is 274 g/mol. The fourth-order valence-electron chi connectivity index (χ4n) is 2.56. The van der Waals surface area contributed by atoms with E-state index in [-0.39, 0.29) is 0 Å². The van der Waals surface area contributed by atoms with Gasteiger partial charge in [0.15, 0.2) is 5.76 Å². The highest BCUT2D eigenvalue weighted by Gasteiger charge is 2.11. The summed E-state index contributed by atoms with van der Waals surface area (Å²) in [6, 6.07) is 20.3. The first kappa shape index (κ1) is 12.0. The fourth-order valence-corrected chi connectivity index (χ4v) is 2.56. The van der Waals surface area contributed by atoms with Crippen molar-refractivity contribution in [2.24, 2.45) is 0 Å². The number of hydrogen-bond acceptors (Lipinski definition) is 2. The Morgan fingerprint density at radius 2 is 1.76 bits per heavy atom. The number of benzene rings is 2. The summed E-state index contributed by atoms with van der Waals surface area (Å²) in [6.45, 7) is 2.09. The molecule has 4 aromatic rings. The molecule has 3 nitrogen and oxygen atoms in total. The van der Waals surface area contributed by atoms with Gasteiger partial charge in [0.25, 0.3) is 0 Å². The molecule has 21 heavy (non-hydrogen) atoms. The Morgan fingerprint density at radius 3 is 2.62 bits per heavy atom. The summed E-state index contributed by atoms with van der Waals surface area (Å²) in [4.78, 5) is 0. The second kappa shape index (κ2) is 4.63. The van der Waals surface area contributed by atoms with Gasteiger partial charge in [0.05, 0.1) is 5.69 Å². The van der Waals surface area contributed by atoms with Crippen molar-refractivity contribution in [1.82, 2.24) is 10.2 Å². The minimum atomic E-state index is 0.809. The van der Waals surface area contributed by atoms with Crippen LogP contribution in [-0.4, -0.2) is 10.2 Å². The molecule has 4 rings (SSSR count). The highest BCUT2D eigenvalue weighted by Crippen LogP contribution is 2.29. The standard InChI is InChI=1S/C18H14N2O/c1-12-6-2-4-8-14(12)15-11-16(20-19-15)18-10-13-7-3-5-9-17(13)21-18/h2-11H,1H3,(H,19,20). The number of aromatic amines is 1. The normalized spacial score (nSPS) is 11.1. The summed E-state index contributed by atoms with van der Waals surface area (Å²) in [7, 11) is 0. The molecule has 2 aromatic carbocycles. The van der Waals surface area contributed by atoms with Crippen LogP contribution >= 0.6 is 0 Å². The zero-order chi connectivity index (χ0) is 14.2. The highest BCUT2D eigenvalue weighted by molar-refractivity contribution is 5.82. The van der Waals surface area contributed by atoms with Crippen molar-refractivity contribution < 1.29 is 4.42 Å². The lowest BCUT2D eigenvalue weighted by Gasteiger charge is -1.99. The summed E-state index contributed by atoms with van der Waals surface area (Å²) in [5.74, 6) is 0.809. The second-order valence-electron chi connectivity index (χ2n) is 5.13. The number of H-pyrrole nitrogens is 1. The number of rotatable bonds is 2. The molecule has 2 aromatic heterocycles. The summed E-state index contributed by atoms with van der Waals surface area (Å²) in [5, 5.41) is 8.57. The zero-order valence-corrected chi connectivity index (χ0v) is 11.6. The number of nitrogens with zero attached hydrogens (tertiary/aromatic N) is 1. The van der Waals surface area contributed by atoms with Crippen molar-refractivity contribution in [2.75, 3.05) is 0 Å². The Balaban J connectivity index is 1.79. The number of para-hydroxylation sites is 1. The third kappa shape index (κ3) is 2.03. The van der Waals surface area contributed by atoms with Crippen molar-refractivity contribution in [1.29, 1.82) is 0 Å². The minimum absolute atomic E-state index is 0.809. The molecule has 0 radical (unpaired) electrons. The summed E-state index contributed by atoms with van der Waals surface area (Å²) in [6.07, 6.45) is 0. The molecule has 0 amide bonds. The van der Waals surface area contributed by atoms with Crippen LogP contribution in [0.25, 0.3) is 33.7 Å². The van der Waals surface area contributed by atoms with Gasteiger partial charge in [-0.1, -0.05) is 42.5 Å². The number of nitrogens with one attached hydrogen (secondary N) is 1. The lowest BCUT2D eigenvalue weighted by Crippen LogP contribution is -1.81. The van der Waals surface area contributed by atoms with Gasteiger partial charge in [-0.25, -0.2) is 0 Å². The topological polar surface area (TPSA) is 41.8 Å². The molecule has 0 unspecified atom stereocenters. The van der Waals surface area contributed by atoms with Crippen LogP contribution in [0.15, 0.2) is 65.1 Å². The van der Waals surface area contributed by atoms with E-state index in [1.807, 2.05) is 48.5 Å². The molecule has 0 bridgehead atoms. The van der Waals surface area contributed by atoms with Crippen LogP contribution in [0, 0.1) is 6.92 Å². The molecule has 0 saturated heterocycles. The number of furan rings is 1. The van der Waals surface area contributed by atoms with Crippen LogP contribution < -0.4 is 0 Å². The van der Waals surface area contributed by atoms with Crippen molar-refractivity contribution in [3.63, 3.8) is 0 Å². The molecule has 0 fully saturated rings. The molecular formula is C18H14N2O. The molecule has 0 aliphatic heterocycles. The van der Waals surface area contributed by atoms with Crippen molar-refractivity contribution in [3.05, 3.63) is 66.2 Å². The molecule has 0 spiro atoms. The molecule has 1 N–H and O–H groups in total. The van der Waals surface area contributed by atoms with Gasteiger partial charge in [0.2, 0.25) is 0 Å². The first-order valence-corrected chi connectivity index (χ1v) is 6.91. The van der Waals surface area contributed by atoms with E-state index in [9.17, 15) is 0 Å². The van der Waals surface area contributed by atoms with Gasteiger partial charge in [0.1, 0.15) is 11.3 Å². The predicted octanol–water partition coefficient (Wildman–Crippen LogP) is 4.80. The fraction of sp³-hybridized carbons (Fsp3) is 0.0556. The Bertz CT molecular complexity index is 885. The van der Waals surface area contributed by atoms with E-state index in [4.69, 9.17) is 4.42 Å². The molecule has 0 saturated carbocycles. The maximum atomic E-state index is 5.86. The van der Waals surface area contributed by atoms with Gasteiger partial charge in [0, 0.05) is 10.9 Å². The van der Waals surface area contributed by atoms with Crippen LogP contribution in [0.1, 0.15) is 5.56 Å². The van der Waals surface area contributed by atoms with Crippen LogP contribution in [0.4, 0.5) is 0 Å². The van der Waals surface area contributed by atoms with Gasteiger partial charge < -0.3 is 4.42 Å². The summed E-state index contributed by atoms with van der Waals surface area (Å²) in [5.41, 5.74) is 5.06. The van der Waals surface area contributed by atoms with E-state index in [0.29, 0.717) is 0 Å². The second-order valence-corrected chi connectivity index (χ2v) is 5.13. The Morgan fingerprint density at radius 1 is 0.952 bits per heavy atom. The van der Waals surface area contributed by atoms with Crippen LogP contribution in [-0.2, 0) is 0 Å². The maximum absolute atomic E-state index is 5.86. The van der Waals surface area contributed by atoms with Crippen LogP contribution in [0.3, 0.4) is 0 Å². The molecule has 3 heteroatoms. The lowest BCUT2D eigenvalue weighted by molar-refractivity contribution is 0.628. The molecule has 0 atom stereocenters. The van der Waals surface area contributed by atoms with E-state index in [1.54, 1.807) is 0 Å². The first-order valence-electron chi connectivity index (χ1n) is 6.91. The van der Waals surface area contributed by atoms with Crippen molar-refractivity contribution in [2.45, 2.75) is 6.92 Å². The Kier molecular flexibility index (Phi) is 2.64. The van der Waals surface area contributed by atoms with E-state index < -0.39 is 0 Å². The Labute approximate surface area is 122 Å². The van der Waals surface area contributed by atoms with Gasteiger partial charge >= 0.3 is 0 Å². The number of hydrogen-bond donors (Lipinski definition) is 1. The third-order valence-electron chi connectivity index (χ3n) is 3.69. The molecule has 2 heterocycles. The maximum Gasteiger partial charge on any atom is 0.153 e. The van der Waals surface area contributed by atoms with Crippen LogP contribution in [0.5, 0.6) is 0 Å².